The van der Waals surface area contributed by atoms with Crippen molar-refractivity contribution in [3.05, 3.63) is 86.5 Å². The number of hydrogen-bond donors (Lipinski definition) is 2. The average molecular weight is 434 g/mol. The number of nitrogens with one attached hydrogen (secondary N) is 2. The van der Waals surface area contributed by atoms with Gasteiger partial charge in [0.25, 0.3) is 11.2 Å². The fourth-order valence-corrected chi connectivity index (χ4v) is 3.06. The van der Waals surface area contributed by atoms with Crippen LogP contribution in [0.4, 0.5) is 11.5 Å². The van der Waals surface area contributed by atoms with Crippen LogP contribution < -0.4 is 10.9 Å². The molecule has 0 radical (unpaired) electrons. The number of aromatic nitrogens is 4. The first kappa shape index (κ1) is 20.7. The Kier molecular flexibility index (Phi) is 5.62. The van der Waals surface area contributed by atoms with E-state index in [2.05, 4.69) is 20.4 Å². The molecule has 1 aromatic carbocycles. The average Bonchev–Trinajstić information content (AvgIpc) is 3.43. The maximum absolute atomic E-state index is 12.7. The Balaban J connectivity index is 1.65. The van der Waals surface area contributed by atoms with Crippen LogP contribution in [0.25, 0.3) is 17.4 Å². The van der Waals surface area contributed by atoms with Crippen molar-refractivity contribution in [1.82, 2.24) is 19.7 Å². The number of hydrogen-bond acceptors (Lipinski definition) is 7. The SMILES string of the molecule is CCc1cc(=O)[nH]c(-n2nc(-c3ccco3)cc2NC(=O)Cc2ccc([N+](=O)[O-])cc2)n1. The molecule has 0 aliphatic rings. The van der Waals surface area contributed by atoms with E-state index in [9.17, 15) is 19.7 Å². The van der Waals surface area contributed by atoms with Gasteiger partial charge in [0.15, 0.2) is 5.76 Å². The molecule has 4 aromatic rings. The monoisotopic (exact) mass is 434 g/mol. The zero-order valence-electron chi connectivity index (χ0n) is 16.9. The van der Waals surface area contributed by atoms with Crippen molar-refractivity contribution >= 4 is 17.4 Å². The summed E-state index contributed by atoms with van der Waals surface area (Å²) in [4.78, 5) is 42.0. The second kappa shape index (κ2) is 8.68. The Bertz CT molecular complexity index is 1320. The molecule has 0 aliphatic heterocycles. The van der Waals surface area contributed by atoms with Gasteiger partial charge in [0.05, 0.1) is 17.6 Å². The van der Waals surface area contributed by atoms with Gasteiger partial charge in [-0.1, -0.05) is 19.1 Å². The molecule has 32 heavy (non-hydrogen) atoms. The fourth-order valence-electron chi connectivity index (χ4n) is 3.06. The molecular formula is C21H18N6O5. The number of aromatic amines is 1. The largest absolute Gasteiger partial charge is 0.463 e. The number of carbonyl (C=O) groups is 1. The van der Waals surface area contributed by atoms with Gasteiger partial charge in [0, 0.05) is 30.0 Å². The molecule has 0 atom stereocenters. The molecule has 0 fully saturated rings. The van der Waals surface area contributed by atoms with E-state index in [1.807, 2.05) is 6.92 Å². The van der Waals surface area contributed by atoms with Crippen LogP contribution >= 0.6 is 0 Å². The molecule has 2 N–H and O–H groups in total. The lowest BCUT2D eigenvalue weighted by atomic mass is 10.1. The lowest BCUT2D eigenvalue weighted by Crippen LogP contribution is -2.20. The maximum Gasteiger partial charge on any atom is 0.269 e. The smallest absolute Gasteiger partial charge is 0.269 e. The van der Waals surface area contributed by atoms with Gasteiger partial charge < -0.3 is 9.73 Å². The molecule has 0 saturated carbocycles. The summed E-state index contributed by atoms with van der Waals surface area (Å²) in [5.74, 6) is 0.529. The van der Waals surface area contributed by atoms with E-state index >= 15 is 0 Å². The summed E-state index contributed by atoms with van der Waals surface area (Å²) in [6.45, 7) is 1.87. The Morgan fingerprint density at radius 2 is 2.03 bits per heavy atom. The molecule has 1 amide bonds. The quantitative estimate of drug-likeness (QED) is 0.335. The summed E-state index contributed by atoms with van der Waals surface area (Å²) >= 11 is 0. The number of amides is 1. The van der Waals surface area contributed by atoms with E-state index in [0.717, 1.165) is 0 Å². The first-order chi connectivity index (χ1) is 15.4. The van der Waals surface area contributed by atoms with Crippen molar-refractivity contribution in [2.45, 2.75) is 19.8 Å². The Morgan fingerprint density at radius 1 is 1.25 bits per heavy atom. The molecule has 0 unspecified atom stereocenters. The van der Waals surface area contributed by atoms with Gasteiger partial charge in [-0.3, -0.25) is 24.7 Å². The van der Waals surface area contributed by atoms with Crippen LogP contribution in [0.2, 0.25) is 0 Å². The van der Waals surface area contributed by atoms with Crippen LogP contribution in [0.1, 0.15) is 18.2 Å². The van der Waals surface area contributed by atoms with Crippen molar-refractivity contribution in [2.75, 3.05) is 5.32 Å². The predicted octanol–water partition coefficient (Wildman–Crippen LogP) is 2.87. The van der Waals surface area contributed by atoms with E-state index in [4.69, 9.17) is 4.42 Å². The third-order valence-electron chi connectivity index (χ3n) is 4.61. The van der Waals surface area contributed by atoms with Crippen molar-refractivity contribution < 1.29 is 14.1 Å². The molecule has 0 aliphatic carbocycles. The molecular weight excluding hydrogens is 416 g/mol. The van der Waals surface area contributed by atoms with Crippen molar-refractivity contribution in [3.63, 3.8) is 0 Å². The van der Waals surface area contributed by atoms with Gasteiger partial charge >= 0.3 is 0 Å². The van der Waals surface area contributed by atoms with Crippen LogP contribution in [-0.4, -0.2) is 30.6 Å². The number of H-pyrrole nitrogens is 1. The Labute approximate surface area is 180 Å². The summed E-state index contributed by atoms with van der Waals surface area (Å²) in [6, 6.07) is 12.1. The molecule has 3 heterocycles. The summed E-state index contributed by atoms with van der Waals surface area (Å²) in [7, 11) is 0. The van der Waals surface area contributed by atoms with Gasteiger partial charge in [-0.15, -0.1) is 0 Å². The van der Waals surface area contributed by atoms with Crippen LogP contribution in [0, 0.1) is 10.1 Å². The van der Waals surface area contributed by atoms with E-state index in [-0.39, 0.29) is 35.3 Å². The number of furan rings is 1. The third kappa shape index (κ3) is 4.46. The van der Waals surface area contributed by atoms with Crippen LogP contribution in [0.15, 0.2) is 64.0 Å². The fraction of sp³-hybridized carbons (Fsp3) is 0.143. The molecule has 0 saturated heterocycles. The number of aryl methyl sites for hydroxylation is 1. The van der Waals surface area contributed by atoms with Crippen molar-refractivity contribution in [2.24, 2.45) is 0 Å². The van der Waals surface area contributed by atoms with Crippen molar-refractivity contribution in [3.8, 4) is 17.4 Å². The minimum absolute atomic E-state index is 0.0157. The summed E-state index contributed by atoms with van der Waals surface area (Å²) < 4.78 is 6.71. The van der Waals surface area contributed by atoms with E-state index in [1.54, 1.807) is 18.2 Å². The van der Waals surface area contributed by atoms with E-state index in [1.165, 1.54) is 41.3 Å². The molecule has 11 nitrogen and oxygen atoms in total. The molecule has 0 bridgehead atoms. The number of nitro benzene ring substituents is 1. The number of nitrogens with zero attached hydrogens (tertiary/aromatic N) is 4. The normalized spacial score (nSPS) is 10.8. The highest BCUT2D eigenvalue weighted by Crippen LogP contribution is 2.24. The summed E-state index contributed by atoms with van der Waals surface area (Å²) in [5.41, 5.74) is 1.21. The lowest BCUT2D eigenvalue weighted by Gasteiger charge is -2.09. The zero-order chi connectivity index (χ0) is 22.7. The van der Waals surface area contributed by atoms with Gasteiger partial charge in [-0.25, -0.2) is 4.98 Å². The molecule has 4 rings (SSSR count). The molecule has 3 aromatic heterocycles. The van der Waals surface area contributed by atoms with Gasteiger partial charge in [-0.05, 0) is 24.1 Å². The highest BCUT2D eigenvalue weighted by atomic mass is 16.6. The lowest BCUT2D eigenvalue weighted by molar-refractivity contribution is -0.384. The minimum Gasteiger partial charge on any atom is -0.463 e. The standard InChI is InChI=1S/C21H18N6O5/c1-2-14-11-20(29)24-21(22-14)26-18(12-16(25-26)17-4-3-9-32-17)23-19(28)10-13-5-7-15(8-6-13)27(30)31/h3-9,11-12H,2,10H2,1H3,(H,23,28)(H,22,24,29). The number of nitro groups is 1. The summed E-state index contributed by atoms with van der Waals surface area (Å²) in [5, 5.41) is 18.0. The number of non-ortho nitro benzene ring substituents is 1. The number of rotatable bonds is 7. The second-order valence-corrected chi connectivity index (χ2v) is 6.87. The molecule has 0 spiro atoms. The van der Waals surface area contributed by atoms with Gasteiger partial charge in [0.1, 0.15) is 11.5 Å². The topological polar surface area (TPSA) is 149 Å². The Hall–Kier alpha value is -4.54. The maximum atomic E-state index is 12.7. The van der Waals surface area contributed by atoms with E-state index < -0.39 is 4.92 Å². The number of carbonyl (C=O) groups excluding carboxylic acids is 1. The predicted molar refractivity (Wildman–Crippen MR) is 114 cm³/mol. The highest BCUT2D eigenvalue weighted by molar-refractivity contribution is 5.92. The summed E-state index contributed by atoms with van der Waals surface area (Å²) in [6.07, 6.45) is 2.03. The van der Waals surface area contributed by atoms with Crippen LogP contribution in [0.5, 0.6) is 0 Å². The van der Waals surface area contributed by atoms with Crippen molar-refractivity contribution in [1.29, 1.82) is 0 Å². The van der Waals surface area contributed by atoms with E-state index in [0.29, 0.717) is 29.1 Å². The number of benzene rings is 1. The minimum atomic E-state index is -0.503. The third-order valence-corrected chi connectivity index (χ3v) is 4.61. The highest BCUT2D eigenvalue weighted by Gasteiger charge is 2.17. The Morgan fingerprint density at radius 3 is 2.69 bits per heavy atom. The number of anilines is 1. The second-order valence-electron chi connectivity index (χ2n) is 6.87. The zero-order valence-corrected chi connectivity index (χ0v) is 16.9. The molecule has 11 heteroatoms. The van der Waals surface area contributed by atoms with Crippen LogP contribution in [-0.2, 0) is 17.6 Å². The van der Waals surface area contributed by atoms with Gasteiger partial charge in [-0.2, -0.15) is 9.78 Å². The van der Waals surface area contributed by atoms with Crippen LogP contribution in [0.3, 0.4) is 0 Å². The first-order valence-electron chi connectivity index (χ1n) is 9.70. The molecule has 162 valence electrons. The first-order valence-corrected chi connectivity index (χ1v) is 9.70. The van der Waals surface area contributed by atoms with Gasteiger partial charge in [0.2, 0.25) is 11.9 Å².